The lowest BCUT2D eigenvalue weighted by Crippen LogP contribution is -2.26. The lowest BCUT2D eigenvalue weighted by Gasteiger charge is -2.13. The molecule has 0 radical (unpaired) electrons. The molecule has 0 heterocycles. The summed E-state index contributed by atoms with van der Waals surface area (Å²) in [6.07, 6.45) is 3.38. The maximum atomic E-state index is 12.1. The fraction of sp³-hybridized carbons (Fsp3) is 0.273. The second kappa shape index (κ2) is 10.2. The molecule has 27 heavy (non-hydrogen) atoms. The first-order valence-corrected chi connectivity index (χ1v) is 8.98. The van der Waals surface area contributed by atoms with Crippen LogP contribution >= 0.6 is 0 Å². The Morgan fingerprint density at radius 2 is 1.78 bits per heavy atom. The van der Waals surface area contributed by atoms with Gasteiger partial charge in [-0.15, -0.1) is 0 Å². The van der Waals surface area contributed by atoms with Crippen molar-refractivity contribution >= 4 is 23.6 Å². The minimum atomic E-state index is -0.235. The number of rotatable bonds is 8. The monoisotopic (exact) mass is 366 g/mol. The number of carbonyl (C=O) groups excluding carboxylic acids is 2. The summed E-state index contributed by atoms with van der Waals surface area (Å²) in [4.78, 5) is 24.0. The Bertz CT molecular complexity index is 795. The number of ether oxygens (including phenoxy) is 1. The van der Waals surface area contributed by atoms with Crippen molar-refractivity contribution in [3.63, 3.8) is 0 Å². The summed E-state index contributed by atoms with van der Waals surface area (Å²) in [5, 5.41) is 5.63. The molecule has 0 unspecified atom stereocenters. The van der Waals surface area contributed by atoms with E-state index in [2.05, 4.69) is 24.5 Å². The summed E-state index contributed by atoms with van der Waals surface area (Å²) in [5.74, 6) is 0.731. The third-order valence-electron chi connectivity index (χ3n) is 4.05. The van der Waals surface area contributed by atoms with E-state index in [0.29, 0.717) is 5.92 Å². The summed E-state index contributed by atoms with van der Waals surface area (Å²) in [6.45, 7) is 4.45. The number of nitrogens with one attached hydrogen (secondary N) is 2. The summed E-state index contributed by atoms with van der Waals surface area (Å²) in [7, 11) is 1.61. The van der Waals surface area contributed by atoms with Gasteiger partial charge in [0.1, 0.15) is 5.75 Å². The molecule has 2 rings (SSSR count). The maximum absolute atomic E-state index is 12.1. The number of benzene rings is 2. The molecule has 0 spiro atoms. The van der Waals surface area contributed by atoms with Gasteiger partial charge in [0, 0.05) is 24.7 Å². The second-order valence-electron chi connectivity index (χ2n) is 6.44. The highest BCUT2D eigenvalue weighted by Crippen LogP contribution is 2.23. The Kier molecular flexibility index (Phi) is 7.62. The van der Waals surface area contributed by atoms with Gasteiger partial charge < -0.3 is 15.4 Å². The Balaban J connectivity index is 1.77. The molecule has 0 saturated carbocycles. The third kappa shape index (κ3) is 6.62. The zero-order valence-corrected chi connectivity index (χ0v) is 16.0. The average molecular weight is 366 g/mol. The zero-order valence-electron chi connectivity index (χ0n) is 16.0. The largest absolute Gasteiger partial charge is 0.497 e. The molecule has 0 aliphatic heterocycles. The minimum absolute atomic E-state index is 0.123. The summed E-state index contributed by atoms with van der Waals surface area (Å²) >= 11 is 0. The molecule has 0 aliphatic carbocycles. The Morgan fingerprint density at radius 1 is 1.07 bits per heavy atom. The molecule has 5 heteroatoms. The van der Waals surface area contributed by atoms with Crippen LogP contribution in [0.5, 0.6) is 5.75 Å². The van der Waals surface area contributed by atoms with E-state index >= 15 is 0 Å². The van der Waals surface area contributed by atoms with Gasteiger partial charge in [0.2, 0.25) is 11.8 Å². The molecule has 0 fully saturated rings. The predicted octanol–water partition coefficient (Wildman–Crippen LogP) is 3.98. The van der Waals surface area contributed by atoms with Crippen LogP contribution in [0.3, 0.4) is 0 Å². The van der Waals surface area contributed by atoms with Crippen molar-refractivity contribution in [2.45, 2.75) is 26.2 Å². The van der Waals surface area contributed by atoms with Crippen LogP contribution < -0.4 is 15.4 Å². The van der Waals surface area contributed by atoms with E-state index in [-0.39, 0.29) is 24.8 Å². The maximum Gasteiger partial charge on any atom is 0.244 e. The molecule has 2 N–H and O–H groups in total. The lowest BCUT2D eigenvalue weighted by atomic mass is 10.0. The Labute approximate surface area is 160 Å². The molecular formula is C22H26N2O3. The van der Waals surface area contributed by atoms with E-state index in [4.69, 9.17) is 4.74 Å². The van der Waals surface area contributed by atoms with Gasteiger partial charge in [-0.25, -0.2) is 0 Å². The van der Waals surface area contributed by atoms with Gasteiger partial charge in [0.15, 0.2) is 0 Å². The summed E-state index contributed by atoms with van der Waals surface area (Å²) < 4.78 is 5.09. The number of anilines is 1. The molecule has 2 aromatic rings. The minimum Gasteiger partial charge on any atom is -0.497 e. The fourth-order valence-electron chi connectivity index (χ4n) is 2.57. The van der Waals surface area contributed by atoms with E-state index < -0.39 is 0 Å². The molecular weight excluding hydrogens is 340 g/mol. The van der Waals surface area contributed by atoms with Crippen molar-refractivity contribution in [2.75, 3.05) is 19.0 Å². The molecule has 0 aliphatic rings. The first kappa shape index (κ1) is 20.2. The van der Waals surface area contributed by atoms with Crippen molar-refractivity contribution in [3.8, 4) is 5.75 Å². The molecule has 2 aromatic carbocycles. The van der Waals surface area contributed by atoms with Crippen LogP contribution in [0.4, 0.5) is 5.69 Å². The van der Waals surface area contributed by atoms with E-state index in [9.17, 15) is 9.59 Å². The summed E-state index contributed by atoms with van der Waals surface area (Å²) in [6, 6.07) is 15.1. The Morgan fingerprint density at radius 3 is 2.44 bits per heavy atom. The highest BCUT2D eigenvalue weighted by molar-refractivity contribution is 5.94. The van der Waals surface area contributed by atoms with Gasteiger partial charge in [0.25, 0.3) is 0 Å². The number of hydrogen-bond donors (Lipinski definition) is 2. The SMILES string of the molecule is COc1ccc(/C=C/C(=O)NCCC(=O)Nc2ccccc2C(C)C)cc1. The average Bonchev–Trinajstić information content (AvgIpc) is 2.67. The molecule has 0 saturated heterocycles. The zero-order chi connectivity index (χ0) is 19.6. The third-order valence-corrected chi connectivity index (χ3v) is 4.05. The number of amides is 2. The van der Waals surface area contributed by atoms with Gasteiger partial charge in [-0.05, 0) is 41.3 Å². The molecule has 5 nitrogen and oxygen atoms in total. The van der Waals surface area contributed by atoms with E-state index in [0.717, 1.165) is 22.6 Å². The smallest absolute Gasteiger partial charge is 0.244 e. The second-order valence-corrected chi connectivity index (χ2v) is 6.44. The van der Waals surface area contributed by atoms with Gasteiger partial charge in [-0.2, -0.15) is 0 Å². The molecule has 0 atom stereocenters. The molecule has 142 valence electrons. The highest BCUT2D eigenvalue weighted by atomic mass is 16.5. The first-order chi connectivity index (χ1) is 13.0. The van der Waals surface area contributed by atoms with E-state index in [1.807, 2.05) is 48.5 Å². The van der Waals surface area contributed by atoms with Crippen LogP contribution in [-0.4, -0.2) is 25.5 Å². The Hall–Kier alpha value is -3.08. The van der Waals surface area contributed by atoms with Crippen molar-refractivity contribution < 1.29 is 14.3 Å². The van der Waals surface area contributed by atoms with E-state index in [1.165, 1.54) is 6.08 Å². The van der Waals surface area contributed by atoms with Crippen LogP contribution in [0.1, 0.15) is 37.3 Å². The van der Waals surface area contributed by atoms with Crippen molar-refractivity contribution in [1.29, 1.82) is 0 Å². The van der Waals surface area contributed by atoms with Crippen LogP contribution in [-0.2, 0) is 9.59 Å². The number of methoxy groups -OCH3 is 1. The molecule has 0 aromatic heterocycles. The first-order valence-electron chi connectivity index (χ1n) is 8.98. The predicted molar refractivity (Wildman–Crippen MR) is 109 cm³/mol. The van der Waals surface area contributed by atoms with Crippen LogP contribution in [0.2, 0.25) is 0 Å². The number of carbonyl (C=O) groups is 2. The number of para-hydroxylation sites is 1. The van der Waals surface area contributed by atoms with Gasteiger partial charge in [0.05, 0.1) is 7.11 Å². The van der Waals surface area contributed by atoms with E-state index in [1.54, 1.807) is 13.2 Å². The van der Waals surface area contributed by atoms with Crippen molar-refractivity contribution in [3.05, 3.63) is 65.7 Å². The molecule has 0 bridgehead atoms. The van der Waals surface area contributed by atoms with Gasteiger partial charge in [-0.3, -0.25) is 9.59 Å². The van der Waals surface area contributed by atoms with Crippen molar-refractivity contribution in [1.82, 2.24) is 5.32 Å². The van der Waals surface area contributed by atoms with Crippen molar-refractivity contribution in [2.24, 2.45) is 0 Å². The normalized spacial score (nSPS) is 10.8. The summed E-state index contributed by atoms with van der Waals surface area (Å²) in [5.41, 5.74) is 2.81. The van der Waals surface area contributed by atoms with Gasteiger partial charge >= 0.3 is 0 Å². The van der Waals surface area contributed by atoms with Crippen LogP contribution in [0.15, 0.2) is 54.6 Å². The topological polar surface area (TPSA) is 67.4 Å². The number of hydrogen-bond acceptors (Lipinski definition) is 3. The molecule has 2 amide bonds. The highest BCUT2D eigenvalue weighted by Gasteiger charge is 2.09. The quantitative estimate of drug-likeness (QED) is 0.695. The van der Waals surface area contributed by atoms with Gasteiger partial charge in [-0.1, -0.05) is 44.2 Å². The lowest BCUT2D eigenvalue weighted by molar-refractivity contribution is -0.117. The fourth-order valence-corrected chi connectivity index (χ4v) is 2.57. The van der Waals surface area contributed by atoms with Crippen LogP contribution in [0, 0.1) is 0 Å². The standard InChI is InChI=1S/C22H26N2O3/c1-16(2)19-6-4-5-7-20(19)24-22(26)14-15-23-21(25)13-10-17-8-11-18(27-3)12-9-17/h4-13,16H,14-15H2,1-3H3,(H,23,25)(H,24,26)/b13-10+. The van der Waals surface area contributed by atoms with Crippen LogP contribution in [0.25, 0.3) is 6.08 Å².